The molecule has 0 aliphatic heterocycles. The SMILES string of the molecule is C=CCn1cc(C(O)(c2ccc3c(cnn3C(=O)NCCC)c2)C(F)(F)F)c2ccccc21. The molecule has 2 aromatic carbocycles. The zero-order chi connectivity index (χ0) is 23.8. The normalized spacial score (nSPS) is 13.8. The summed E-state index contributed by atoms with van der Waals surface area (Å²) in [7, 11) is 0. The van der Waals surface area contributed by atoms with Gasteiger partial charge in [-0.3, -0.25) is 0 Å². The molecule has 0 aliphatic rings. The van der Waals surface area contributed by atoms with Crippen LogP contribution in [0.1, 0.15) is 24.5 Å². The number of hydrogen-bond donors (Lipinski definition) is 2. The second kappa shape index (κ2) is 8.40. The van der Waals surface area contributed by atoms with E-state index >= 15 is 0 Å². The minimum Gasteiger partial charge on any atom is -0.372 e. The van der Waals surface area contributed by atoms with E-state index < -0.39 is 17.8 Å². The first-order valence-corrected chi connectivity index (χ1v) is 10.5. The van der Waals surface area contributed by atoms with Crippen LogP contribution < -0.4 is 5.32 Å². The molecule has 0 fully saturated rings. The van der Waals surface area contributed by atoms with E-state index in [1.807, 2.05) is 6.92 Å². The molecule has 4 rings (SSSR count). The third-order valence-electron chi connectivity index (χ3n) is 5.62. The maximum atomic E-state index is 14.5. The molecule has 2 N–H and O–H groups in total. The molecule has 1 amide bonds. The molecule has 9 heteroatoms. The largest absolute Gasteiger partial charge is 0.425 e. The predicted octanol–water partition coefficient (Wildman–Crippen LogP) is 4.94. The zero-order valence-corrected chi connectivity index (χ0v) is 17.9. The van der Waals surface area contributed by atoms with Crippen molar-refractivity contribution in [3.63, 3.8) is 0 Å². The van der Waals surface area contributed by atoms with Crippen LogP contribution in [0.2, 0.25) is 0 Å². The Labute approximate surface area is 187 Å². The second-order valence-corrected chi connectivity index (χ2v) is 7.77. The van der Waals surface area contributed by atoms with Gasteiger partial charge in [-0.1, -0.05) is 37.3 Å². The van der Waals surface area contributed by atoms with Crippen LogP contribution in [-0.4, -0.2) is 38.2 Å². The summed E-state index contributed by atoms with van der Waals surface area (Å²) < 4.78 is 46.2. The number of carbonyl (C=O) groups excluding carboxylic acids is 1. The van der Waals surface area contributed by atoms with Gasteiger partial charge < -0.3 is 15.0 Å². The van der Waals surface area contributed by atoms with Crippen molar-refractivity contribution >= 4 is 27.8 Å². The standard InChI is InChI=1S/C24H23F3N4O2/c1-3-11-28-22(32)31-20-10-9-17(13-16(20)14-29-31)23(33,24(25,26)27)19-15-30(12-4-2)21-8-6-5-7-18(19)21/h4-10,13-15,33H,2-3,11-12H2,1H3,(H,28,32). The average Bonchev–Trinajstić information content (AvgIpc) is 3.38. The Kier molecular flexibility index (Phi) is 5.75. The number of rotatable bonds is 6. The lowest BCUT2D eigenvalue weighted by Gasteiger charge is -2.31. The fraction of sp³-hybridized carbons (Fsp3) is 0.250. The van der Waals surface area contributed by atoms with Crippen molar-refractivity contribution in [1.29, 1.82) is 0 Å². The predicted molar refractivity (Wildman–Crippen MR) is 120 cm³/mol. The number of benzene rings is 2. The average molecular weight is 456 g/mol. The quantitative estimate of drug-likeness (QED) is 0.404. The minimum absolute atomic E-state index is 0.278. The van der Waals surface area contributed by atoms with E-state index in [9.17, 15) is 23.1 Å². The van der Waals surface area contributed by atoms with E-state index in [4.69, 9.17) is 0 Å². The van der Waals surface area contributed by atoms with Gasteiger partial charge in [0.2, 0.25) is 5.60 Å². The van der Waals surface area contributed by atoms with E-state index in [0.29, 0.717) is 23.0 Å². The van der Waals surface area contributed by atoms with Crippen LogP contribution >= 0.6 is 0 Å². The Hall–Kier alpha value is -3.59. The van der Waals surface area contributed by atoms with Gasteiger partial charge in [-0.25, -0.2) is 4.79 Å². The monoisotopic (exact) mass is 456 g/mol. The fourth-order valence-corrected chi connectivity index (χ4v) is 4.02. The molecular weight excluding hydrogens is 433 g/mol. The van der Waals surface area contributed by atoms with Gasteiger partial charge in [0, 0.05) is 41.1 Å². The van der Waals surface area contributed by atoms with Crippen molar-refractivity contribution in [2.24, 2.45) is 0 Å². The Morgan fingerprint density at radius 1 is 1.21 bits per heavy atom. The van der Waals surface area contributed by atoms with E-state index in [2.05, 4.69) is 17.0 Å². The van der Waals surface area contributed by atoms with Crippen LogP contribution in [0.4, 0.5) is 18.0 Å². The van der Waals surface area contributed by atoms with Crippen LogP contribution in [0.3, 0.4) is 0 Å². The maximum absolute atomic E-state index is 14.5. The number of amides is 1. The summed E-state index contributed by atoms with van der Waals surface area (Å²) in [5.41, 5.74) is -3.03. The molecule has 0 radical (unpaired) electrons. The topological polar surface area (TPSA) is 72.1 Å². The number of nitrogens with one attached hydrogen (secondary N) is 1. The second-order valence-electron chi connectivity index (χ2n) is 7.77. The molecule has 1 unspecified atom stereocenters. The van der Waals surface area contributed by atoms with E-state index in [1.165, 1.54) is 30.6 Å². The first-order chi connectivity index (χ1) is 15.7. The molecule has 0 saturated heterocycles. The van der Waals surface area contributed by atoms with Gasteiger partial charge in [-0.2, -0.15) is 23.0 Å². The van der Waals surface area contributed by atoms with Crippen molar-refractivity contribution in [3.05, 3.63) is 78.6 Å². The summed E-state index contributed by atoms with van der Waals surface area (Å²) in [6, 6.07) is 9.89. The molecule has 1 atom stereocenters. The number of aromatic nitrogens is 3. The highest BCUT2D eigenvalue weighted by atomic mass is 19.4. The first-order valence-electron chi connectivity index (χ1n) is 10.5. The molecular formula is C24H23F3N4O2. The Morgan fingerprint density at radius 2 is 1.97 bits per heavy atom. The summed E-state index contributed by atoms with van der Waals surface area (Å²) in [4.78, 5) is 12.3. The van der Waals surface area contributed by atoms with Crippen LogP contribution in [-0.2, 0) is 12.1 Å². The number of allylic oxidation sites excluding steroid dienone is 1. The lowest BCUT2D eigenvalue weighted by atomic mass is 9.85. The summed E-state index contributed by atoms with van der Waals surface area (Å²) >= 11 is 0. The molecule has 0 aliphatic carbocycles. The highest BCUT2D eigenvalue weighted by molar-refractivity contribution is 5.91. The van der Waals surface area contributed by atoms with Crippen LogP contribution in [0.25, 0.3) is 21.8 Å². The Morgan fingerprint density at radius 3 is 2.67 bits per heavy atom. The molecule has 6 nitrogen and oxygen atoms in total. The number of para-hydroxylation sites is 1. The van der Waals surface area contributed by atoms with Gasteiger partial charge in [0.05, 0.1) is 11.7 Å². The number of carbonyl (C=O) groups is 1. The number of nitrogens with zero attached hydrogens (tertiary/aromatic N) is 3. The summed E-state index contributed by atoms with van der Waals surface area (Å²) in [6.45, 7) is 6.29. The Balaban J connectivity index is 1.89. The highest BCUT2D eigenvalue weighted by Gasteiger charge is 2.57. The van der Waals surface area contributed by atoms with Crippen LogP contribution in [0.5, 0.6) is 0 Å². The third-order valence-corrected chi connectivity index (χ3v) is 5.62. The summed E-state index contributed by atoms with van der Waals surface area (Å²) in [5, 5.41) is 18.6. The van der Waals surface area contributed by atoms with Crippen molar-refractivity contribution in [2.45, 2.75) is 31.7 Å². The zero-order valence-electron chi connectivity index (χ0n) is 17.9. The van der Waals surface area contributed by atoms with Gasteiger partial charge in [0.25, 0.3) is 0 Å². The van der Waals surface area contributed by atoms with Gasteiger partial charge in [0.15, 0.2) is 0 Å². The smallest absolute Gasteiger partial charge is 0.372 e. The molecule has 2 aromatic heterocycles. The maximum Gasteiger partial charge on any atom is 0.425 e. The lowest BCUT2D eigenvalue weighted by molar-refractivity contribution is -0.247. The van der Waals surface area contributed by atoms with Crippen molar-refractivity contribution in [2.75, 3.05) is 6.54 Å². The minimum atomic E-state index is -5.02. The number of hydrogen-bond acceptors (Lipinski definition) is 3. The number of fused-ring (bicyclic) bond motifs is 2. The first kappa shape index (κ1) is 22.6. The number of alkyl halides is 3. The van der Waals surface area contributed by atoms with Gasteiger partial charge in [0.1, 0.15) is 0 Å². The molecule has 0 bridgehead atoms. The molecule has 0 spiro atoms. The summed E-state index contributed by atoms with van der Waals surface area (Å²) in [5.74, 6) is 0. The van der Waals surface area contributed by atoms with E-state index in [-0.39, 0.29) is 23.1 Å². The molecule has 172 valence electrons. The van der Waals surface area contributed by atoms with E-state index in [0.717, 1.165) is 11.1 Å². The van der Waals surface area contributed by atoms with Gasteiger partial charge in [-0.15, -0.1) is 6.58 Å². The van der Waals surface area contributed by atoms with Gasteiger partial charge in [-0.05, 0) is 30.2 Å². The molecule has 0 saturated carbocycles. The van der Waals surface area contributed by atoms with Crippen molar-refractivity contribution < 1.29 is 23.1 Å². The van der Waals surface area contributed by atoms with Gasteiger partial charge >= 0.3 is 12.2 Å². The lowest BCUT2D eigenvalue weighted by Crippen LogP contribution is -2.43. The van der Waals surface area contributed by atoms with Crippen LogP contribution in [0, 0.1) is 0 Å². The number of halogens is 3. The third kappa shape index (κ3) is 3.68. The van der Waals surface area contributed by atoms with Crippen molar-refractivity contribution in [3.8, 4) is 0 Å². The Bertz CT molecular complexity index is 1340. The van der Waals surface area contributed by atoms with Crippen LogP contribution in [0.15, 0.2) is 67.5 Å². The fourth-order valence-electron chi connectivity index (χ4n) is 4.02. The highest BCUT2D eigenvalue weighted by Crippen LogP contribution is 2.47. The van der Waals surface area contributed by atoms with Crippen molar-refractivity contribution in [1.82, 2.24) is 19.7 Å². The number of aliphatic hydroxyl groups is 1. The molecule has 4 aromatic rings. The molecule has 33 heavy (non-hydrogen) atoms. The summed E-state index contributed by atoms with van der Waals surface area (Å²) in [6.07, 6.45) is -0.0911. The molecule has 2 heterocycles. The van der Waals surface area contributed by atoms with E-state index in [1.54, 1.807) is 34.9 Å².